The van der Waals surface area contributed by atoms with Crippen molar-refractivity contribution in [3.63, 3.8) is 0 Å². The van der Waals surface area contributed by atoms with Crippen LogP contribution in [0, 0.1) is 0 Å². The highest BCUT2D eigenvalue weighted by Gasteiger charge is 2.40. The minimum absolute atomic E-state index is 0.332. The molecule has 0 fully saturated rings. The van der Waals surface area contributed by atoms with Crippen LogP contribution in [-0.2, 0) is 18.1 Å². The molecule has 0 spiro atoms. The number of hydrogen-bond donors (Lipinski definition) is 1. The third-order valence-corrected chi connectivity index (χ3v) is 2.55. The first-order chi connectivity index (χ1) is 8.60. The summed E-state index contributed by atoms with van der Waals surface area (Å²) in [7, 11) is 0. The van der Waals surface area contributed by atoms with E-state index in [1.807, 2.05) is 0 Å². The Balaban J connectivity index is 3.45. The minimum atomic E-state index is -5.18. The van der Waals surface area contributed by atoms with Gasteiger partial charge in [-0.2, -0.15) is 13.2 Å². The number of hydrogen-bond acceptors (Lipinski definition) is 3. The molecule has 0 radical (unpaired) electrons. The Morgan fingerprint density at radius 1 is 1.21 bits per heavy atom. The van der Waals surface area contributed by atoms with Gasteiger partial charge < -0.3 is 9.84 Å². The molecule has 0 atom stereocenters. The fraction of sp³-hybridized carbons (Fsp3) is 0.444. The molecule has 0 saturated carbocycles. The summed E-state index contributed by atoms with van der Waals surface area (Å²) in [5.41, 5.74) is -2.98. The summed E-state index contributed by atoms with van der Waals surface area (Å²) in [5, 5.41) is 8.56. The minimum Gasteiger partial charge on any atom is -0.404 e. The van der Waals surface area contributed by atoms with Gasteiger partial charge in [-0.25, -0.2) is 0 Å². The van der Waals surface area contributed by atoms with Gasteiger partial charge in [0.15, 0.2) is 5.75 Å². The zero-order chi connectivity index (χ0) is 14.8. The second kappa shape index (κ2) is 5.53. The Kier molecular flexibility index (Phi) is 4.67. The van der Waals surface area contributed by atoms with Crippen LogP contribution < -0.4 is 4.74 Å². The quantitative estimate of drug-likeness (QED) is 0.669. The molecule has 3 nitrogen and oxygen atoms in total. The highest BCUT2D eigenvalue weighted by atomic mass is 79.9. The van der Waals surface area contributed by atoms with Crippen LogP contribution in [0.15, 0.2) is 6.20 Å². The van der Waals surface area contributed by atoms with Gasteiger partial charge in [-0.15, -0.1) is 13.2 Å². The Morgan fingerprint density at radius 2 is 1.79 bits per heavy atom. The fourth-order valence-corrected chi connectivity index (χ4v) is 1.81. The number of aliphatic hydroxyl groups is 1. The van der Waals surface area contributed by atoms with Crippen molar-refractivity contribution in [1.29, 1.82) is 0 Å². The molecule has 0 saturated heterocycles. The number of rotatable bonds is 3. The van der Waals surface area contributed by atoms with Crippen molar-refractivity contribution < 1.29 is 36.2 Å². The van der Waals surface area contributed by atoms with Crippen molar-refractivity contribution in [2.24, 2.45) is 0 Å². The van der Waals surface area contributed by atoms with Gasteiger partial charge in [-0.3, -0.25) is 4.98 Å². The predicted octanol–water partition coefficient (Wildman–Crippen LogP) is 3.39. The summed E-state index contributed by atoms with van der Waals surface area (Å²) in [5.74, 6) is -1.17. The number of nitrogens with zero attached hydrogens (tertiary/aromatic N) is 1. The number of halogens is 7. The first-order valence-corrected chi connectivity index (χ1v) is 5.72. The van der Waals surface area contributed by atoms with E-state index < -0.39 is 41.7 Å². The van der Waals surface area contributed by atoms with Gasteiger partial charge in [0.25, 0.3) is 0 Å². The molecule has 0 amide bonds. The molecule has 10 heteroatoms. The third kappa shape index (κ3) is 3.96. The second-order valence-corrected chi connectivity index (χ2v) is 3.82. The van der Waals surface area contributed by atoms with E-state index in [0.29, 0.717) is 6.20 Å². The maximum atomic E-state index is 12.8. The monoisotopic (exact) mass is 353 g/mol. The van der Waals surface area contributed by atoms with Gasteiger partial charge in [0.1, 0.15) is 0 Å². The van der Waals surface area contributed by atoms with Gasteiger partial charge in [0, 0.05) is 10.9 Å². The van der Waals surface area contributed by atoms with Crippen LogP contribution in [0.1, 0.15) is 16.8 Å². The molecule has 0 aliphatic rings. The average molecular weight is 354 g/mol. The van der Waals surface area contributed by atoms with Crippen molar-refractivity contribution in [1.82, 2.24) is 4.98 Å². The van der Waals surface area contributed by atoms with E-state index in [0.717, 1.165) is 0 Å². The SMILES string of the molecule is OCc1c(OC(F)(F)F)cnc(CBr)c1C(F)(F)F. The van der Waals surface area contributed by atoms with Gasteiger partial charge in [0.2, 0.25) is 0 Å². The summed E-state index contributed by atoms with van der Waals surface area (Å²) in [6.45, 7) is -1.26. The number of ether oxygens (including phenoxy) is 1. The molecular weight excluding hydrogens is 348 g/mol. The van der Waals surface area contributed by atoms with Crippen molar-refractivity contribution >= 4 is 15.9 Å². The number of pyridine rings is 1. The highest BCUT2D eigenvalue weighted by Crippen LogP contribution is 2.39. The van der Waals surface area contributed by atoms with Crippen LogP contribution in [0.3, 0.4) is 0 Å². The summed E-state index contributed by atoms with van der Waals surface area (Å²) in [6.07, 6.45) is -9.64. The van der Waals surface area contributed by atoms with E-state index in [1.54, 1.807) is 0 Å². The molecule has 0 aliphatic carbocycles. The van der Waals surface area contributed by atoms with E-state index in [2.05, 4.69) is 25.7 Å². The topological polar surface area (TPSA) is 42.4 Å². The lowest BCUT2D eigenvalue weighted by molar-refractivity contribution is -0.275. The number of aromatic nitrogens is 1. The molecule has 1 aromatic heterocycles. The molecule has 1 rings (SSSR count). The Bertz CT molecular complexity index is 459. The molecule has 0 bridgehead atoms. The molecular formula is C9H6BrF6NO2. The van der Waals surface area contributed by atoms with Gasteiger partial charge >= 0.3 is 12.5 Å². The second-order valence-electron chi connectivity index (χ2n) is 3.26. The van der Waals surface area contributed by atoms with Crippen LogP contribution in [0.25, 0.3) is 0 Å². The number of aliphatic hydroxyl groups excluding tert-OH is 1. The predicted molar refractivity (Wildman–Crippen MR) is 54.5 cm³/mol. The average Bonchev–Trinajstić information content (AvgIpc) is 2.25. The lowest BCUT2D eigenvalue weighted by Gasteiger charge is -2.18. The van der Waals surface area contributed by atoms with Crippen molar-refractivity contribution in [2.45, 2.75) is 24.5 Å². The van der Waals surface area contributed by atoms with E-state index in [-0.39, 0.29) is 5.33 Å². The normalized spacial score (nSPS) is 12.6. The van der Waals surface area contributed by atoms with Crippen molar-refractivity contribution in [2.75, 3.05) is 0 Å². The van der Waals surface area contributed by atoms with E-state index in [4.69, 9.17) is 5.11 Å². The van der Waals surface area contributed by atoms with E-state index in [1.165, 1.54) is 0 Å². The van der Waals surface area contributed by atoms with Crippen LogP contribution in [0.2, 0.25) is 0 Å². The zero-order valence-electron chi connectivity index (χ0n) is 8.94. The lowest BCUT2D eigenvalue weighted by Crippen LogP contribution is -2.21. The Hall–Kier alpha value is -1.03. The van der Waals surface area contributed by atoms with Crippen molar-refractivity contribution in [3.8, 4) is 5.75 Å². The van der Waals surface area contributed by atoms with Crippen molar-refractivity contribution in [3.05, 3.63) is 23.0 Å². The van der Waals surface area contributed by atoms with Gasteiger partial charge in [0.05, 0.1) is 24.1 Å². The summed E-state index contributed by atoms with van der Waals surface area (Å²) >= 11 is 2.74. The number of alkyl halides is 7. The zero-order valence-corrected chi connectivity index (χ0v) is 10.5. The first kappa shape index (κ1) is 16.0. The van der Waals surface area contributed by atoms with Gasteiger partial charge in [-0.05, 0) is 0 Å². The fourth-order valence-electron chi connectivity index (χ4n) is 1.38. The largest absolute Gasteiger partial charge is 0.573 e. The molecule has 1 heterocycles. The maximum absolute atomic E-state index is 12.8. The van der Waals surface area contributed by atoms with E-state index >= 15 is 0 Å². The summed E-state index contributed by atoms with van der Waals surface area (Å²) < 4.78 is 77.9. The molecule has 108 valence electrons. The Labute approximate surface area is 111 Å². The molecule has 0 unspecified atom stereocenters. The third-order valence-electron chi connectivity index (χ3n) is 2.02. The molecule has 19 heavy (non-hydrogen) atoms. The molecule has 0 aromatic carbocycles. The smallest absolute Gasteiger partial charge is 0.404 e. The standard InChI is InChI=1S/C9H6BrF6NO2/c10-1-5-7(8(11,12)13)4(3-18)6(2-17-5)19-9(14,15)16/h2,18H,1,3H2. The highest BCUT2D eigenvalue weighted by molar-refractivity contribution is 9.08. The first-order valence-electron chi connectivity index (χ1n) is 4.60. The van der Waals surface area contributed by atoms with Crippen LogP contribution >= 0.6 is 15.9 Å². The van der Waals surface area contributed by atoms with Crippen LogP contribution in [0.4, 0.5) is 26.3 Å². The van der Waals surface area contributed by atoms with Gasteiger partial charge in [-0.1, -0.05) is 15.9 Å². The lowest BCUT2D eigenvalue weighted by atomic mass is 10.1. The molecule has 1 N–H and O–H groups in total. The summed E-state index contributed by atoms with van der Waals surface area (Å²) in [6, 6.07) is 0. The maximum Gasteiger partial charge on any atom is 0.573 e. The molecule has 1 aromatic rings. The Morgan fingerprint density at radius 3 is 2.16 bits per heavy atom. The van der Waals surface area contributed by atoms with E-state index in [9.17, 15) is 26.3 Å². The van der Waals surface area contributed by atoms with Crippen LogP contribution in [0.5, 0.6) is 5.75 Å². The summed E-state index contributed by atoms with van der Waals surface area (Å²) in [4.78, 5) is 3.25. The molecule has 0 aliphatic heterocycles. The van der Waals surface area contributed by atoms with Crippen LogP contribution in [-0.4, -0.2) is 16.5 Å².